The molecule has 0 aliphatic heterocycles. The molecule has 15 heavy (non-hydrogen) atoms. The van der Waals surface area contributed by atoms with E-state index in [1.54, 1.807) is 0 Å². The predicted octanol–water partition coefficient (Wildman–Crippen LogP) is 2.08. The minimum Gasteiger partial charge on any atom is -0.406 e. The van der Waals surface area contributed by atoms with Crippen molar-refractivity contribution in [2.24, 2.45) is 5.73 Å². The number of nitrogens with one attached hydrogen (secondary N) is 1. The van der Waals surface area contributed by atoms with E-state index in [1.807, 2.05) is 6.92 Å². The summed E-state index contributed by atoms with van der Waals surface area (Å²) in [5, 5.41) is 10.8. The van der Waals surface area contributed by atoms with Crippen LogP contribution < -0.4 is 11.1 Å². The minimum atomic E-state index is -0.201. The Balaban J connectivity index is 2.20. The first-order valence-electron chi connectivity index (χ1n) is 5.57. The van der Waals surface area contributed by atoms with E-state index in [4.69, 9.17) is 10.2 Å². The van der Waals surface area contributed by atoms with Gasteiger partial charge in [-0.1, -0.05) is 31.3 Å². The lowest BCUT2D eigenvalue weighted by atomic mass is 10.2. The van der Waals surface area contributed by atoms with Crippen molar-refractivity contribution in [3.63, 3.8) is 0 Å². The van der Waals surface area contributed by atoms with Crippen molar-refractivity contribution in [1.29, 1.82) is 0 Å². The summed E-state index contributed by atoms with van der Waals surface area (Å²) >= 11 is 0. The highest BCUT2D eigenvalue weighted by Gasteiger charge is 2.08. The van der Waals surface area contributed by atoms with E-state index >= 15 is 0 Å². The second-order valence-electron chi connectivity index (χ2n) is 3.72. The Bertz CT molecular complexity index is 272. The highest BCUT2D eigenvalue weighted by molar-refractivity contribution is 5.16. The van der Waals surface area contributed by atoms with Gasteiger partial charge < -0.3 is 15.5 Å². The lowest BCUT2D eigenvalue weighted by Crippen LogP contribution is -2.04. The maximum atomic E-state index is 5.60. The molecule has 5 heteroatoms. The molecule has 0 amide bonds. The molecule has 0 aliphatic rings. The fourth-order valence-electron chi connectivity index (χ4n) is 1.24. The molecule has 0 fully saturated rings. The Morgan fingerprint density at radius 3 is 2.73 bits per heavy atom. The fraction of sp³-hybridized carbons (Fsp3) is 0.800. The Kier molecular flexibility index (Phi) is 5.10. The van der Waals surface area contributed by atoms with Crippen LogP contribution in [0.15, 0.2) is 4.42 Å². The van der Waals surface area contributed by atoms with Crippen LogP contribution in [-0.4, -0.2) is 16.7 Å². The van der Waals surface area contributed by atoms with Crippen LogP contribution in [0.2, 0.25) is 0 Å². The summed E-state index contributed by atoms with van der Waals surface area (Å²) in [6, 6.07) is 0.270. The first-order valence-corrected chi connectivity index (χ1v) is 5.57. The van der Waals surface area contributed by atoms with Crippen molar-refractivity contribution < 1.29 is 4.42 Å². The van der Waals surface area contributed by atoms with Gasteiger partial charge in [-0.25, -0.2) is 0 Å². The van der Waals surface area contributed by atoms with Crippen LogP contribution in [0.25, 0.3) is 0 Å². The Morgan fingerprint density at radius 1 is 1.33 bits per heavy atom. The van der Waals surface area contributed by atoms with Gasteiger partial charge in [0.05, 0.1) is 6.04 Å². The van der Waals surface area contributed by atoms with Crippen molar-refractivity contribution in [3.05, 3.63) is 5.89 Å². The standard InChI is InChI=1S/C10H20N4O/c1-3-4-5-6-7-12-10-14-13-9(15-10)8(2)11/h8H,3-7,11H2,1-2H3,(H,12,14). The average Bonchev–Trinajstić information content (AvgIpc) is 2.66. The maximum Gasteiger partial charge on any atom is 0.315 e. The number of anilines is 1. The highest BCUT2D eigenvalue weighted by atomic mass is 16.4. The van der Waals surface area contributed by atoms with Crippen molar-refractivity contribution in [2.45, 2.75) is 45.6 Å². The number of unbranched alkanes of at least 4 members (excludes halogenated alkanes) is 3. The first kappa shape index (κ1) is 12.0. The topological polar surface area (TPSA) is 77.0 Å². The van der Waals surface area contributed by atoms with Crippen molar-refractivity contribution >= 4 is 6.01 Å². The van der Waals surface area contributed by atoms with Gasteiger partial charge in [0.1, 0.15) is 0 Å². The van der Waals surface area contributed by atoms with Gasteiger partial charge >= 0.3 is 6.01 Å². The van der Waals surface area contributed by atoms with Crippen LogP contribution >= 0.6 is 0 Å². The zero-order valence-corrected chi connectivity index (χ0v) is 9.49. The molecule has 1 aromatic heterocycles. The van der Waals surface area contributed by atoms with E-state index in [-0.39, 0.29) is 6.04 Å². The van der Waals surface area contributed by atoms with Gasteiger partial charge in [0.15, 0.2) is 0 Å². The van der Waals surface area contributed by atoms with Gasteiger partial charge in [-0.15, -0.1) is 5.10 Å². The van der Waals surface area contributed by atoms with E-state index in [9.17, 15) is 0 Å². The Labute approximate surface area is 90.4 Å². The van der Waals surface area contributed by atoms with Crippen LogP contribution in [0, 0.1) is 0 Å². The Morgan fingerprint density at radius 2 is 2.13 bits per heavy atom. The van der Waals surface area contributed by atoms with E-state index < -0.39 is 0 Å². The molecule has 1 atom stereocenters. The molecular formula is C10H20N4O. The van der Waals surface area contributed by atoms with E-state index in [2.05, 4.69) is 22.4 Å². The number of nitrogens with two attached hydrogens (primary N) is 1. The number of nitrogens with zero attached hydrogens (tertiary/aromatic N) is 2. The van der Waals surface area contributed by atoms with Gasteiger partial charge in [0.2, 0.25) is 5.89 Å². The average molecular weight is 212 g/mol. The van der Waals surface area contributed by atoms with E-state index in [1.165, 1.54) is 19.3 Å². The molecular weight excluding hydrogens is 192 g/mol. The maximum absolute atomic E-state index is 5.60. The third kappa shape index (κ3) is 4.29. The molecule has 86 valence electrons. The molecule has 1 rings (SSSR count). The Hall–Kier alpha value is -1.10. The zero-order valence-electron chi connectivity index (χ0n) is 9.49. The van der Waals surface area contributed by atoms with Crippen LogP contribution in [0.4, 0.5) is 6.01 Å². The van der Waals surface area contributed by atoms with E-state index in [0.717, 1.165) is 13.0 Å². The normalized spacial score (nSPS) is 12.7. The second kappa shape index (κ2) is 6.40. The molecule has 0 saturated carbocycles. The summed E-state index contributed by atoms with van der Waals surface area (Å²) in [6.07, 6.45) is 4.88. The van der Waals surface area contributed by atoms with Gasteiger partial charge in [0.25, 0.3) is 0 Å². The molecule has 1 unspecified atom stereocenters. The predicted molar refractivity (Wildman–Crippen MR) is 59.5 cm³/mol. The summed E-state index contributed by atoms with van der Waals surface area (Å²) in [5.41, 5.74) is 5.60. The summed E-state index contributed by atoms with van der Waals surface area (Å²) in [5.74, 6) is 0.478. The number of rotatable bonds is 7. The van der Waals surface area contributed by atoms with Gasteiger partial charge in [0, 0.05) is 6.54 Å². The van der Waals surface area contributed by atoms with Gasteiger partial charge in [-0.05, 0) is 13.3 Å². The summed E-state index contributed by atoms with van der Waals surface area (Å²) < 4.78 is 5.29. The van der Waals surface area contributed by atoms with Gasteiger partial charge in [-0.3, -0.25) is 0 Å². The van der Waals surface area contributed by atoms with Crippen LogP contribution in [-0.2, 0) is 0 Å². The summed E-state index contributed by atoms with van der Waals surface area (Å²) in [7, 11) is 0. The lowest BCUT2D eigenvalue weighted by Gasteiger charge is -2.00. The molecule has 0 aromatic carbocycles. The van der Waals surface area contributed by atoms with Crippen molar-refractivity contribution in [2.75, 3.05) is 11.9 Å². The zero-order chi connectivity index (χ0) is 11.1. The summed E-state index contributed by atoms with van der Waals surface area (Å²) in [4.78, 5) is 0. The molecule has 0 aliphatic carbocycles. The van der Waals surface area contributed by atoms with Crippen molar-refractivity contribution in [3.8, 4) is 0 Å². The van der Waals surface area contributed by atoms with Gasteiger partial charge in [-0.2, -0.15) is 0 Å². The minimum absolute atomic E-state index is 0.201. The monoisotopic (exact) mass is 212 g/mol. The second-order valence-corrected chi connectivity index (χ2v) is 3.72. The van der Waals surface area contributed by atoms with Crippen LogP contribution in [0.1, 0.15) is 51.5 Å². The third-order valence-corrected chi connectivity index (χ3v) is 2.14. The molecule has 1 aromatic rings. The van der Waals surface area contributed by atoms with E-state index in [0.29, 0.717) is 11.9 Å². The smallest absolute Gasteiger partial charge is 0.315 e. The fourth-order valence-corrected chi connectivity index (χ4v) is 1.24. The number of aromatic nitrogens is 2. The molecule has 0 bridgehead atoms. The third-order valence-electron chi connectivity index (χ3n) is 2.14. The van der Waals surface area contributed by atoms with Crippen LogP contribution in [0.5, 0.6) is 0 Å². The first-order chi connectivity index (χ1) is 7.24. The molecule has 1 heterocycles. The number of hydrogen-bond donors (Lipinski definition) is 2. The molecule has 0 spiro atoms. The molecule has 5 nitrogen and oxygen atoms in total. The summed E-state index contributed by atoms with van der Waals surface area (Å²) in [6.45, 7) is 4.89. The van der Waals surface area contributed by atoms with Crippen LogP contribution in [0.3, 0.4) is 0 Å². The largest absolute Gasteiger partial charge is 0.406 e. The highest BCUT2D eigenvalue weighted by Crippen LogP contribution is 2.11. The molecule has 3 N–H and O–H groups in total. The van der Waals surface area contributed by atoms with Crippen molar-refractivity contribution in [1.82, 2.24) is 10.2 Å². The lowest BCUT2D eigenvalue weighted by molar-refractivity contribution is 0.472. The molecule has 0 radical (unpaired) electrons. The number of hydrogen-bond acceptors (Lipinski definition) is 5. The SMILES string of the molecule is CCCCCCNc1nnc(C(C)N)o1. The quantitative estimate of drug-likeness (QED) is 0.677. The molecule has 0 saturated heterocycles.